The number of hydrogen-bond acceptors (Lipinski definition) is 6. The Bertz CT molecular complexity index is 394. The molecule has 2 fully saturated rings. The standard InChI is InChI=1S/C12H21N5S/c1-13-12-11(14-15-18-12)9-16-5-3-7-17-6-2-4-10(17)8-16/h10,13H,2-9H2,1H3. The molecule has 5 nitrogen and oxygen atoms in total. The first-order valence-electron chi connectivity index (χ1n) is 6.82. The number of aromatic nitrogens is 2. The molecule has 0 aliphatic carbocycles. The van der Waals surface area contributed by atoms with Crippen molar-refractivity contribution in [3.8, 4) is 0 Å². The van der Waals surface area contributed by atoms with Gasteiger partial charge in [0.1, 0.15) is 10.7 Å². The Hall–Kier alpha value is -0.720. The van der Waals surface area contributed by atoms with Crippen molar-refractivity contribution >= 4 is 16.5 Å². The van der Waals surface area contributed by atoms with Crippen molar-refractivity contribution in [2.75, 3.05) is 38.5 Å². The van der Waals surface area contributed by atoms with Crippen molar-refractivity contribution < 1.29 is 0 Å². The van der Waals surface area contributed by atoms with Crippen LogP contribution in [0.4, 0.5) is 5.00 Å². The average molecular weight is 267 g/mol. The highest BCUT2D eigenvalue weighted by Crippen LogP contribution is 2.24. The molecule has 0 bridgehead atoms. The molecule has 2 aliphatic heterocycles. The maximum absolute atomic E-state index is 4.25. The number of hydrogen-bond donors (Lipinski definition) is 1. The SMILES string of the molecule is CNc1snnc1CN1CCCN2CCCC2C1. The van der Waals surface area contributed by atoms with E-state index in [1.165, 1.54) is 57.0 Å². The van der Waals surface area contributed by atoms with E-state index in [0.29, 0.717) is 0 Å². The number of anilines is 1. The Morgan fingerprint density at radius 2 is 2.22 bits per heavy atom. The molecule has 0 radical (unpaired) electrons. The van der Waals surface area contributed by atoms with Crippen LogP contribution in [-0.4, -0.2) is 58.7 Å². The van der Waals surface area contributed by atoms with E-state index in [1.807, 2.05) is 7.05 Å². The molecule has 6 heteroatoms. The highest BCUT2D eigenvalue weighted by molar-refractivity contribution is 7.10. The molecule has 1 atom stereocenters. The largest absolute Gasteiger partial charge is 0.377 e. The monoisotopic (exact) mass is 267 g/mol. The Morgan fingerprint density at radius 3 is 3.11 bits per heavy atom. The second-order valence-corrected chi connectivity index (χ2v) is 5.97. The van der Waals surface area contributed by atoms with Gasteiger partial charge in [-0.1, -0.05) is 4.49 Å². The molecule has 1 unspecified atom stereocenters. The van der Waals surface area contributed by atoms with Crippen molar-refractivity contribution in [3.05, 3.63) is 5.69 Å². The molecular formula is C12H21N5S. The molecule has 1 aromatic rings. The summed E-state index contributed by atoms with van der Waals surface area (Å²) in [4.78, 5) is 5.21. The quantitative estimate of drug-likeness (QED) is 0.893. The fourth-order valence-corrected chi connectivity index (χ4v) is 3.66. The zero-order valence-electron chi connectivity index (χ0n) is 10.9. The normalized spacial score (nSPS) is 25.9. The molecule has 0 saturated carbocycles. The summed E-state index contributed by atoms with van der Waals surface area (Å²) in [5.74, 6) is 0. The Balaban J connectivity index is 1.65. The Morgan fingerprint density at radius 1 is 1.33 bits per heavy atom. The minimum absolute atomic E-state index is 0.775. The molecule has 3 rings (SSSR count). The molecule has 18 heavy (non-hydrogen) atoms. The lowest BCUT2D eigenvalue weighted by Crippen LogP contribution is -2.36. The summed E-state index contributed by atoms with van der Waals surface area (Å²) in [7, 11) is 1.94. The van der Waals surface area contributed by atoms with Crippen LogP contribution in [0.2, 0.25) is 0 Å². The van der Waals surface area contributed by atoms with E-state index in [4.69, 9.17) is 0 Å². The van der Waals surface area contributed by atoms with E-state index in [0.717, 1.165) is 23.3 Å². The van der Waals surface area contributed by atoms with E-state index >= 15 is 0 Å². The first-order valence-corrected chi connectivity index (χ1v) is 7.59. The molecule has 0 spiro atoms. The van der Waals surface area contributed by atoms with Gasteiger partial charge < -0.3 is 5.32 Å². The summed E-state index contributed by atoms with van der Waals surface area (Å²) in [6.07, 6.45) is 4.02. The van der Waals surface area contributed by atoms with Gasteiger partial charge >= 0.3 is 0 Å². The minimum atomic E-state index is 0.775. The van der Waals surface area contributed by atoms with Crippen LogP contribution < -0.4 is 5.32 Å². The molecule has 1 N–H and O–H groups in total. The first kappa shape index (κ1) is 12.3. The third-order valence-electron chi connectivity index (χ3n) is 4.04. The summed E-state index contributed by atoms with van der Waals surface area (Å²) in [5, 5.41) is 8.54. The number of fused-ring (bicyclic) bond motifs is 1. The van der Waals surface area contributed by atoms with E-state index < -0.39 is 0 Å². The van der Waals surface area contributed by atoms with Gasteiger partial charge in [0, 0.05) is 37.7 Å². The van der Waals surface area contributed by atoms with Gasteiger partial charge in [0.15, 0.2) is 0 Å². The maximum Gasteiger partial charge on any atom is 0.134 e. The lowest BCUT2D eigenvalue weighted by molar-refractivity contribution is 0.214. The zero-order chi connectivity index (χ0) is 12.4. The van der Waals surface area contributed by atoms with Crippen LogP contribution in [0.3, 0.4) is 0 Å². The van der Waals surface area contributed by atoms with Crippen LogP contribution in [-0.2, 0) is 6.54 Å². The van der Waals surface area contributed by atoms with Gasteiger partial charge in [-0.2, -0.15) is 0 Å². The van der Waals surface area contributed by atoms with Crippen LogP contribution in [0.5, 0.6) is 0 Å². The Labute approximate surface area is 112 Å². The molecule has 3 heterocycles. The predicted octanol–water partition coefficient (Wildman–Crippen LogP) is 1.25. The fourth-order valence-electron chi connectivity index (χ4n) is 3.14. The van der Waals surface area contributed by atoms with Gasteiger partial charge in [0.05, 0.1) is 0 Å². The van der Waals surface area contributed by atoms with Gasteiger partial charge in [-0.15, -0.1) is 5.10 Å². The van der Waals surface area contributed by atoms with Gasteiger partial charge in [0.2, 0.25) is 0 Å². The molecule has 100 valence electrons. The van der Waals surface area contributed by atoms with Crippen LogP contribution in [0.1, 0.15) is 25.0 Å². The maximum atomic E-state index is 4.25. The third-order valence-corrected chi connectivity index (χ3v) is 4.83. The van der Waals surface area contributed by atoms with Crippen molar-refractivity contribution in [3.63, 3.8) is 0 Å². The van der Waals surface area contributed by atoms with E-state index in [-0.39, 0.29) is 0 Å². The summed E-state index contributed by atoms with van der Waals surface area (Å²) >= 11 is 1.45. The molecular weight excluding hydrogens is 246 g/mol. The summed E-state index contributed by atoms with van der Waals surface area (Å²) < 4.78 is 4.04. The van der Waals surface area contributed by atoms with Crippen molar-refractivity contribution in [2.45, 2.75) is 31.8 Å². The number of nitrogens with one attached hydrogen (secondary N) is 1. The third kappa shape index (κ3) is 2.50. The molecule has 0 amide bonds. The lowest BCUT2D eigenvalue weighted by atomic mass is 10.2. The first-order chi connectivity index (χ1) is 8.86. The average Bonchev–Trinajstić information content (AvgIpc) is 2.95. The molecule has 1 aromatic heterocycles. The van der Waals surface area contributed by atoms with E-state index in [2.05, 4.69) is 24.7 Å². The molecule has 2 saturated heterocycles. The summed E-state index contributed by atoms with van der Waals surface area (Å²) in [6.45, 7) is 5.90. The highest BCUT2D eigenvalue weighted by atomic mass is 32.1. The van der Waals surface area contributed by atoms with Gasteiger partial charge in [0.25, 0.3) is 0 Å². The topological polar surface area (TPSA) is 44.3 Å². The van der Waals surface area contributed by atoms with Crippen LogP contribution >= 0.6 is 11.5 Å². The van der Waals surface area contributed by atoms with Crippen LogP contribution in [0, 0.1) is 0 Å². The van der Waals surface area contributed by atoms with Crippen molar-refractivity contribution in [1.29, 1.82) is 0 Å². The second-order valence-electron chi connectivity index (χ2n) is 5.22. The minimum Gasteiger partial charge on any atom is -0.377 e. The van der Waals surface area contributed by atoms with Crippen molar-refractivity contribution in [1.82, 2.24) is 19.4 Å². The second kappa shape index (κ2) is 5.50. The molecule has 0 aromatic carbocycles. The van der Waals surface area contributed by atoms with E-state index in [1.54, 1.807) is 0 Å². The van der Waals surface area contributed by atoms with Crippen molar-refractivity contribution in [2.24, 2.45) is 0 Å². The summed E-state index contributed by atoms with van der Waals surface area (Å²) in [6, 6.07) is 0.775. The number of nitrogens with zero attached hydrogens (tertiary/aromatic N) is 4. The smallest absolute Gasteiger partial charge is 0.134 e. The lowest BCUT2D eigenvalue weighted by Gasteiger charge is -2.25. The Kier molecular flexibility index (Phi) is 3.77. The van der Waals surface area contributed by atoms with Crippen LogP contribution in [0.15, 0.2) is 0 Å². The highest BCUT2D eigenvalue weighted by Gasteiger charge is 2.29. The van der Waals surface area contributed by atoms with Gasteiger partial charge in [-0.3, -0.25) is 9.80 Å². The predicted molar refractivity (Wildman–Crippen MR) is 73.9 cm³/mol. The van der Waals surface area contributed by atoms with Crippen LogP contribution in [0.25, 0.3) is 0 Å². The van der Waals surface area contributed by atoms with E-state index in [9.17, 15) is 0 Å². The fraction of sp³-hybridized carbons (Fsp3) is 0.833. The van der Waals surface area contributed by atoms with Gasteiger partial charge in [-0.05, 0) is 38.9 Å². The van der Waals surface area contributed by atoms with Gasteiger partial charge in [-0.25, -0.2) is 0 Å². The zero-order valence-corrected chi connectivity index (χ0v) is 11.7. The number of rotatable bonds is 3. The summed E-state index contributed by atoms with van der Waals surface area (Å²) in [5.41, 5.74) is 1.11. The molecule has 2 aliphatic rings.